The van der Waals surface area contributed by atoms with Gasteiger partial charge in [-0.3, -0.25) is 9.59 Å². The van der Waals surface area contributed by atoms with E-state index in [0.29, 0.717) is 11.1 Å². The fraction of sp³-hybridized carbons (Fsp3) is 0.542. The Balaban J connectivity index is 3.36. The molecule has 0 heterocycles. The topological polar surface area (TPSA) is 108 Å². The van der Waals surface area contributed by atoms with Crippen LogP contribution in [0.2, 0.25) is 0 Å². The van der Waals surface area contributed by atoms with Crippen molar-refractivity contribution in [2.24, 2.45) is 0 Å². The van der Waals surface area contributed by atoms with Gasteiger partial charge in [-0.15, -0.1) is 6.42 Å². The van der Waals surface area contributed by atoms with E-state index in [-0.39, 0.29) is 11.9 Å². The van der Waals surface area contributed by atoms with Crippen molar-refractivity contribution in [3.8, 4) is 12.3 Å². The number of nitrogens with zero attached hydrogens (tertiary/aromatic N) is 1. The predicted octanol–water partition coefficient (Wildman–Crippen LogP) is 2.36. The highest BCUT2D eigenvalue weighted by molar-refractivity contribution is 5.92. The van der Waals surface area contributed by atoms with Crippen molar-refractivity contribution in [3.05, 3.63) is 35.4 Å². The lowest BCUT2D eigenvalue weighted by Crippen LogP contribution is -2.56. The molecule has 0 saturated carbocycles. The second-order valence-electron chi connectivity index (χ2n) is 9.05. The molecule has 0 radical (unpaired) electrons. The highest BCUT2D eigenvalue weighted by atomic mass is 16.6. The second-order valence-corrected chi connectivity index (χ2v) is 9.05. The molecule has 0 fully saturated rings. The van der Waals surface area contributed by atoms with Gasteiger partial charge >= 0.3 is 6.09 Å². The van der Waals surface area contributed by atoms with Gasteiger partial charge in [0.25, 0.3) is 0 Å². The summed E-state index contributed by atoms with van der Waals surface area (Å²) in [7, 11) is 0. The summed E-state index contributed by atoms with van der Waals surface area (Å²) >= 11 is 0. The summed E-state index contributed by atoms with van der Waals surface area (Å²) in [5, 5.41) is 15.1. The number of ether oxygens (including phenoxy) is 1. The van der Waals surface area contributed by atoms with E-state index in [2.05, 4.69) is 16.6 Å². The highest BCUT2D eigenvalue weighted by Crippen LogP contribution is 2.25. The Kier molecular flexibility index (Phi) is 9.73. The standard InChI is InChI=1S/C24H35N3O5/c1-9-17-10-12-18(13-11-17)20(21(29)25-15(2)3)27(16(4)5)22(30)19(14-28)26-23(31)32-24(6,7)8/h1,10-13,15-16,19-20,28H,14H2,2-8H3,(H,25,29)(H,26,31). The molecule has 3 N–H and O–H groups in total. The molecule has 0 aliphatic heterocycles. The molecule has 176 valence electrons. The maximum Gasteiger partial charge on any atom is 0.408 e. The molecule has 0 aliphatic rings. The van der Waals surface area contributed by atoms with Crippen molar-refractivity contribution in [1.29, 1.82) is 0 Å². The van der Waals surface area contributed by atoms with Gasteiger partial charge in [0, 0.05) is 17.6 Å². The third kappa shape index (κ3) is 7.89. The number of alkyl carbamates (subject to hydrolysis) is 1. The van der Waals surface area contributed by atoms with E-state index in [4.69, 9.17) is 11.2 Å². The Morgan fingerprint density at radius 1 is 1.09 bits per heavy atom. The van der Waals surface area contributed by atoms with Gasteiger partial charge < -0.3 is 25.4 Å². The van der Waals surface area contributed by atoms with Gasteiger partial charge in [-0.25, -0.2) is 4.79 Å². The van der Waals surface area contributed by atoms with Crippen LogP contribution in [-0.2, 0) is 14.3 Å². The Hall–Kier alpha value is -3.05. The lowest BCUT2D eigenvalue weighted by atomic mass is 9.99. The van der Waals surface area contributed by atoms with E-state index in [1.807, 2.05) is 13.8 Å². The van der Waals surface area contributed by atoms with Crippen molar-refractivity contribution in [1.82, 2.24) is 15.5 Å². The van der Waals surface area contributed by atoms with Crippen LogP contribution in [0.3, 0.4) is 0 Å². The van der Waals surface area contributed by atoms with Gasteiger partial charge in [0.05, 0.1) is 6.61 Å². The fourth-order valence-corrected chi connectivity index (χ4v) is 3.06. The number of amides is 3. The second kappa shape index (κ2) is 11.5. The largest absolute Gasteiger partial charge is 0.444 e. The van der Waals surface area contributed by atoms with Gasteiger partial charge in [0.1, 0.15) is 17.7 Å². The highest BCUT2D eigenvalue weighted by Gasteiger charge is 2.37. The number of aliphatic hydroxyl groups is 1. The Bertz CT molecular complexity index is 835. The zero-order chi connectivity index (χ0) is 24.6. The van der Waals surface area contributed by atoms with Gasteiger partial charge in [0.15, 0.2) is 0 Å². The molecule has 0 bridgehead atoms. The van der Waals surface area contributed by atoms with E-state index in [1.54, 1.807) is 58.9 Å². The van der Waals surface area contributed by atoms with Crippen LogP contribution >= 0.6 is 0 Å². The van der Waals surface area contributed by atoms with Gasteiger partial charge in [0.2, 0.25) is 11.8 Å². The molecule has 0 aromatic heterocycles. The summed E-state index contributed by atoms with van der Waals surface area (Å²) in [6, 6.07) is 3.90. The number of aliphatic hydroxyl groups excluding tert-OH is 1. The minimum Gasteiger partial charge on any atom is -0.444 e. The SMILES string of the molecule is C#Cc1ccc(C(C(=O)NC(C)C)N(C(=O)C(CO)NC(=O)OC(C)(C)C)C(C)C)cc1. The monoisotopic (exact) mass is 445 g/mol. The molecule has 2 unspecified atom stereocenters. The van der Waals surface area contributed by atoms with Crippen molar-refractivity contribution in [3.63, 3.8) is 0 Å². The number of hydrogen-bond acceptors (Lipinski definition) is 5. The van der Waals surface area contributed by atoms with E-state index < -0.39 is 42.3 Å². The van der Waals surface area contributed by atoms with Crippen LogP contribution in [0.4, 0.5) is 4.79 Å². The number of nitrogens with one attached hydrogen (secondary N) is 2. The van der Waals surface area contributed by atoms with E-state index in [1.165, 1.54) is 4.90 Å². The van der Waals surface area contributed by atoms with Crippen LogP contribution in [0, 0.1) is 12.3 Å². The zero-order valence-electron chi connectivity index (χ0n) is 19.9. The molecule has 8 nitrogen and oxygen atoms in total. The zero-order valence-corrected chi connectivity index (χ0v) is 19.9. The average molecular weight is 446 g/mol. The number of hydrogen-bond donors (Lipinski definition) is 3. The van der Waals surface area contributed by atoms with Crippen LogP contribution in [0.1, 0.15) is 65.6 Å². The molecule has 32 heavy (non-hydrogen) atoms. The third-order valence-corrected chi connectivity index (χ3v) is 4.33. The van der Waals surface area contributed by atoms with Crippen LogP contribution in [0.5, 0.6) is 0 Å². The van der Waals surface area contributed by atoms with Crippen LogP contribution in [0.25, 0.3) is 0 Å². The first-order valence-corrected chi connectivity index (χ1v) is 10.6. The first-order valence-electron chi connectivity index (χ1n) is 10.6. The Morgan fingerprint density at radius 2 is 1.66 bits per heavy atom. The maximum atomic E-state index is 13.4. The summed E-state index contributed by atoms with van der Waals surface area (Å²) in [5.74, 6) is 1.52. The molecule has 3 amide bonds. The summed E-state index contributed by atoms with van der Waals surface area (Å²) in [6.45, 7) is 11.6. The van der Waals surface area contributed by atoms with Crippen LogP contribution in [0.15, 0.2) is 24.3 Å². The molecular weight excluding hydrogens is 410 g/mol. The molecule has 8 heteroatoms. The molecule has 1 rings (SSSR count). The predicted molar refractivity (Wildman–Crippen MR) is 123 cm³/mol. The van der Waals surface area contributed by atoms with Crippen molar-refractivity contribution in [2.75, 3.05) is 6.61 Å². The quantitative estimate of drug-likeness (QED) is 0.533. The molecular formula is C24H35N3O5. The minimum atomic E-state index is -1.29. The van der Waals surface area contributed by atoms with Crippen molar-refractivity contribution < 1.29 is 24.2 Å². The van der Waals surface area contributed by atoms with E-state index in [9.17, 15) is 19.5 Å². The van der Waals surface area contributed by atoms with Gasteiger partial charge in [-0.05, 0) is 66.2 Å². The number of carbonyl (C=O) groups is 3. The summed E-state index contributed by atoms with van der Waals surface area (Å²) < 4.78 is 5.20. The van der Waals surface area contributed by atoms with E-state index >= 15 is 0 Å². The number of benzene rings is 1. The third-order valence-electron chi connectivity index (χ3n) is 4.33. The average Bonchev–Trinajstić information content (AvgIpc) is 2.67. The molecule has 1 aromatic carbocycles. The molecule has 0 aliphatic carbocycles. The lowest BCUT2D eigenvalue weighted by molar-refractivity contribution is -0.145. The Morgan fingerprint density at radius 3 is 2.06 bits per heavy atom. The molecule has 0 spiro atoms. The summed E-state index contributed by atoms with van der Waals surface area (Å²) in [6.07, 6.45) is 4.59. The summed E-state index contributed by atoms with van der Waals surface area (Å²) in [5.41, 5.74) is 0.417. The smallest absolute Gasteiger partial charge is 0.408 e. The number of carbonyl (C=O) groups excluding carboxylic acids is 3. The number of rotatable bonds is 8. The molecule has 0 saturated heterocycles. The van der Waals surface area contributed by atoms with Gasteiger partial charge in [-0.1, -0.05) is 18.1 Å². The first-order chi connectivity index (χ1) is 14.8. The van der Waals surface area contributed by atoms with Gasteiger partial charge in [-0.2, -0.15) is 0 Å². The van der Waals surface area contributed by atoms with Crippen molar-refractivity contribution in [2.45, 2.75) is 78.2 Å². The normalized spacial score (nSPS) is 13.2. The molecule has 2 atom stereocenters. The molecule has 1 aromatic rings. The Labute approximate surface area is 190 Å². The first kappa shape index (κ1) is 27.0. The lowest BCUT2D eigenvalue weighted by Gasteiger charge is -2.37. The van der Waals surface area contributed by atoms with E-state index in [0.717, 1.165) is 0 Å². The fourth-order valence-electron chi connectivity index (χ4n) is 3.06. The van der Waals surface area contributed by atoms with Crippen molar-refractivity contribution >= 4 is 17.9 Å². The maximum absolute atomic E-state index is 13.4. The van der Waals surface area contributed by atoms with Crippen LogP contribution < -0.4 is 10.6 Å². The minimum absolute atomic E-state index is 0.160. The number of terminal acetylenes is 1. The van der Waals surface area contributed by atoms with Crippen LogP contribution in [-0.4, -0.2) is 58.2 Å². The summed E-state index contributed by atoms with van der Waals surface area (Å²) in [4.78, 5) is 40.1.